The van der Waals surface area contributed by atoms with Crippen molar-refractivity contribution in [1.29, 1.82) is 0 Å². The molecule has 1 aromatic carbocycles. The lowest BCUT2D eigenvalue weighted by Gasteiger charge is -2.50. The molecular weight excluding hydrogens is 454 g/mol. The van der Waals surface area contributed by atoms with Crippen molar-refractivity contribution >= 4 is 33.3 Å². The third-order valence-corrected chi connectivity index (χ3v) is 7.43. The summed E-state index contributed by atoms with van der Waals surface area (Å²) in [6.07, 6.45) is 8.27. The van der Waals surface area contributed by atoms with Gasteiger partial charge >= 0.3 is 0 Å². The molecule has 148 valence electrons. The van der Waals surface area contributed by atoms with Gasteiger partial charge in [0.25, 0.3) is 0 Å². The fourth-order valence-electron chi connectivity index (χ4n) is 5.28. The van der Waals surface area contributed by atoms with Crippen molar-refractivity contribution in [1.82, 2.24) is 4.98 Å². The van der Waals surface area contributed by atoms with Crippen LogP contribution in [0.4, 0.5) is 0 Å². The number of aliphatic hydroxyl groups is 1. The Bertz CT molecular complexity index is 1080. The highest BCUT2D eigenvalue weighted by atomic mass is 79.9. The van der Waals surface area contributed by atoms with Crippen LogP contribution in [0.3, 0.4) is 0 Å². The monoisotopic (exact) mass is 471 g/mol. The normalized spacial score (nSPS) is 35.1. The Kier molecular flexibility index (Phi) is 4.12. The highest BCUT2D eigenvalue weighted by molar-refractivity contribution is 9.11. The largest absolute Gasteiger partial charge is 0.480 e. The van der Waals surface area contributed by atoms with E-state index in [9.17, 15) is 9.90 Å². The van der Waals surface area contributed by atoms with E-state index in [0.29, 0.717) is 17.2 Å². The lowest BCUT2D eigenvalue weighted by atomic mass is 9.59. The molecular formula is C23H19BrClNO3. The molecule has 1 saturated carbocycles. The number of allylic oxidation sites excluding steroid dienone is 3. The minimum absolute atomic E-state index is 0.179. The number of ketones is 1. The molecule has 4 atom stereocenters. The molecule has 2 heterocycles. The zero-order valence-electron chi connectivity index (χ0n) is 15.7. The predicted octanol–water partition coefficient (Wildman–Crippen LogP) is 5.06. The van der Waals surface area contributed by atoms with Gasteiger partial charge in [0.2, 0.25) is 5.60 Å². The molecule has 1 aromatic heterocycles. The fraction of sp³-hybridized carbons (Fsp3) is 0.304. The van der Waals surface area contributed by atoms with Gasteiger partial charge in [0.05, 0.1) is 5.02 Å². The maximum absolute atomic E-state index is 13.4. The summed E-state index contributed by atoms with van der Waals surface area (Å²) in [7, 11) is 0. The average molecular weight is 473 g/mol. The molecule has 1 N–H and O–H groups in total. The van der Waals surface area contributed by atoms with Gasteiger partial charge < -0.3 is 9.84 Å². The van der Waals surface area contributed by atoms with E-state index >= 15 is 0 Å². The second kappa shape index (κ2) is 6.27. The van der Waals surface area contributed by atoms with Crippen molar-refractivity contribution in [3.8, 4) is 5.75 Å². The van der Waals surface area contributed by atoms with Gasteiger partial charge in [0.15, 0.2) is 11.4 Å². The number of benzene rings is 1. The first-order chi connectivity index (χ1) is 13.8. The first kappa shape index (κ1) is 19.0. The topological polar surface area (TPSA) is 59.4 Å². The summed E-state index contributed by atoms with van der Waals surface area (Å²) in [4.78, 5) is 17.8. The van der Waals surface area contributed by atoms with Crippen LogP contribution in [0, 0.1) is 5.41 Å². The average Bonchev–Trinajstić information content (AvgIpc) is 3.11. The molecule has 2 aromatic rings. The van der Waals surface area contributed by atoms with Gasteiger partial charge in [-0.15, -0.1) is 0 Å². The SMILES string of the molecule is CC1([C@@]23Oc4cc(Cl)cnc4[C@]2(O)C(=O)C[C@H]3c2ccccc2)C=CC(Br)=CC1. The number of hydrogen-bond acceptors (Lipinski definition) is 4. The number of rotatable bonds is 2. The summed E-state index contributed by atoms with van der Waals surface area (Å²) in [6.45, 7) is 2.03. The van der Waals surface area contributed by atoms with Crippen molar-refractivity contribution in [2.45, 2.75) is 36.9 Å². The van der Waals surface area contributed by atoms with E-state index in [2.05, 4.69) is 20.9 Å². The Morgan fingerprint density at radius 1 is 1.31 bits per heavy atom. The van der Waals surface area contributed by atoms with E-state index < -0.39 is 16.6 Å². The molecule has 1 aliphatic heterocycles. The number of halogens is 2. The van der Waals surface area contributed by atoms with Crippen molar-refractivity contribution < 1.29 is 14.6 Å². The third-order valence-electron chi connectivity index (χ3n) is 6.64. The van der Waals surface area contributed by atoms with Crippen molar-refractivity contribution in [2.75, 3.05) is 0 Å². The second-order valence-corrected chi connectivity index (χ2v) is 9.54. The first-order valence-corrected chi connectivity index (χ1v) is 10.7. The van der Waals surface area contributed by atoms with Gasteiger partial charge in [-0.1, -0.05) is 83.0 Å². The Hall–Kier alpha value is -1.95. The standard InChI is InChI=1S/C23H19BrClNO3/c1-21(9-7-15(24)8-10-21)23-17(14-5-3-2-4-6-14)12-19(27)22(23,28)20-18(29-23)11-16(25)13-26-20/h2-9,11,13,17,28H,10,12H2,1H3/t17-,21?,22+,23+/m0/s1. The van der Waals surface area contributed by atoms with Crippen LogP contribution in [0.25, 0.3) is 0 Å². The highest BCUT2D eigenvalue weighted by Gasteiger charge is 2.78. The summed E-state index contributed by atoms with van der Waals surface area (Å²) in [5, 5.41) is 12.5. The van der Waals surface area contributed by atoms with Gasteiger partial charge in [-0.05, 0) is 12.0 Å². The lowest BCUT2D eigenvalue weighted by Crippen LogP contribution is -2.62. The van der Waals surface area contributed by atoms with Gasteiger partial charge in [-0.2, -0.15) is 0 Å². The molecule has 2 aliphatic carbocycles. The Balaban J connectivity index is 1.80. The Labute approximate surface area is 182 Å². The predicted molar refractivity (Wildman–Crippen MR) is 114 cm³/mol. The van der Waals surface area contributed by atoms with E-state index in [1.54, 1.807) is 6.07 Å². The van der Waals surface area contributed by atoms with Crippen molar-refractivity contribution in [3.05, 3.63) is 81.6 Å². The van der Waals surface area contributed by atoms with E-state index in [0.717, 1.165) is 10.0 Å². The zero-order chi connectivity index (χ0) is 20.4. The second-order valence-electron chi connectivity index (χ2n) is 8.18. The van der Waals surface area contributed by atoms with E-state index in [4.69, 9.17) is 16.3 Å². The van der Waals surface area contributed by atoms with Gasteiger partial charge in [0.1, 0.15) is 11.4 Å². The molecule has 0 bridgehead atoms. The minimum atomic E-state index is -1.86. The van der Waals surface area contributed by atoms with Crippen molar-refractivity contribution in [2.24, 2.45) is 5.41 Å². The summed E-state index contributed by atoms with van der Waals surface area (Å²) < 4.78 is 7.57. The van der Waals surface area contributed by atoms with Gasteiger partial charge in [0, 0.05) is 34.5 Å². The van der Waals surface area contributed by atoms with Crippen molar-refractivity contribution in [3.63, 3.8) is 0 Å². The lowest BCUT2D eigenvalue weighted by molar-refractivity contribution is -0.169. The number of aromatic nitrogens is 1. The van der Waals surface area contributed by atoms with Crippen LogP contribution < -0.4 is 4.74 Å². The van der Waals surface area contributed by atoms with Crippen LogP contribution >= 0.6 is 27.5 Å². The zero-order valence-corrected chi connectivity index (χ0v) is 18.1. The summed E-state index contributed by atoms with van der Waals surface area (Å²) in [5.41, 5.74) is -2.53. The van der Waals surface area contributed by atoms with Crippen LogP contribution in [0.5, 0.6) is 5.75 Å². The number of pyridine rings is 1. The number of ether oxygens (including phenoxy) is 1. The van der Waals surface area contributed by atoms with Crippen LogP contribution in [0.1, 0.15) is 36.9 Å². The van der Waals surface area contributed by atoms with E-state index in [1.807, 2.05) is 55.5 Å². The number of fused-ring (bicyclic) bond motifs is 3. The van der Waals surface area contributed by atoms with E-state index in [-0.39, 0.29) is 23.8 Å². The maximum Gasteiger partial charge on any atom is 0.210 e. The molecule has 29 heavy (non-hydrogen) atoms. The van der Waals surface area contributed by atoms with Gasteiger partial charge in [-0.25, -0.2) is 0 Å². The molecule has 0 spiro atoms. The molecule has 1 fully saturated rings. The summed E-state index contributed by atoms with van der Waals surface area (Å²) in [6, 6.07) is 11.4. The number of nitrogens with zero attached hydrogens (tertiary/aromatic N) is 1. The van der Waals surface area contributed by atoms with Crippen LogP contribution in [-0.2, 0) is 10.4 Å². The summed E-state index contributed by atoms with van der Waals surface area (Å²) >= 11 is 9.68. The molecule has 0 amide bonds. The Morgan fingerprint density at radius 2 is 2.07 bits per heavy atom. The molecule has 0 radical (unpaired) electrons. The number of Topliss-reactive ketones (excluding diaryl/α,β-unsaturated/α-hetero) is 1. The highest BCUT2D eigenvalue weighted by Crippen LogP contribution is 2.67. The number of carbonyl (C=O) groups is 1. The van der Waals surface area contributed by atoms with Crippen LogP contribution in [0.2, 0.25) is 5.02 Å². The van der Waals surface area contributed by atoms with Crippen LogP contribution in [-0.4, -0.2) is 21.5 Å². The molecule has 0 saturated heterocycles. The third kappa shape index (κ3) is 2.35. The summed E-state index contributed by atoms with van der Waals surface area (Å²) in [5.74, 6) is -0.241. The number of carbonyl (C=O) groups excluding carboxylic acids is 1. The first-order valence-electron chi connectivity index (χ1n) is 9.52. The fourth-order valence-corrected chi connectivity index (χ4v) is 5.72. The smallest absolute Gasteiger partial charge is 0.210 e. The quantitative estimate of drug-likeness (QED) is 0.664. The molecule has 6 heteroatoms. The van der Waals surface area contributed by atoms with Crippen LogP contribution in [0.15, 0.2) is 65.3 Å². The molecule has 5 rings (SSSR count). The maximum atomic E-state index is 13.4. The molecule has 1 unspecified atom stereocenters. The number of hydrogen-bond donors (Lipinski definition) is 1. The minimum Gasteiger partial charge on any atom is -0.480 e. The molecule has 3 aliphatic rings. The molecule has 4 nitrogen and oxygen atoms in total. The van der Waals surface area contributed by atoms with E-state index in [1.165, 1.54) is 6.20 Å². The Morgan fingerprint density at radius 3 is 2.76 bits per heavy atom. The van der Waals surface area contributed by atoms with Gasteiger partial charge in [-0.3, -0.25) is 9.78 Å².